The molecule has 0 saturated heterocycles. The minimum atomic E-state index is -3.82. The van der Waals surface area contributed by atoms with E-state index in [1.165, 1.54) is 19.2 Å². The molecule has 0 saturated carbocycles. The molecule has 4 rings (SSSR count). The number of hydrogen-bond donors (Lipinski definition) is 0. The van der Waals surface area contributed by atoms with Crippen LogP contribution in [-0.2, 0) is 23.1 Å². The molecule has 0 fully saturated rings. The van der Waals surface area contributed by atoms with Gasteiger partial charge in [0.15, 0.2) is 0 Å². The molecule has 2 heterocycles. The predicted octanol–water partition coefficient (Wildman–Crippen LogP) is 4.00. The zero-order valence-electron chi connectivity index (χ0n) is 16.8. The van der Waals surface area contributed by atoms with Gasteiger partial charge in [0.1, 0.15) is 0 Å². The molecule has 0 radical (unpaired) electrons. The van der Waals surface area contributed by atoms with Crippen LogP contribution >= 0.6 is 22.9 Å². The molecule has 0 bridgehead atoms. The first-order chi connectivity index (χ1) is 14.8. The average molecular weight is 479 g/mol. The molecule has 0 atom stereocenters. The minimum absolute atomic E-state index is 0.0892. The Morgan fingerprint density at radius 2 is 1.94 bits per heavy atom. The van der Waals surface area contributed by atoms with E-state index in [0.29, 0.717) is 27.7 Å². The normalized spacial score (nSPS) is 12.1. The molecule has 31 heavy (non-hydrogen) atoms. The Bertz CT molecular complexity index is 1390. The van der Waals surface area contributed by atoms with Crippen molar-refractivity contribution in [3.63, 3.8) is 0 Å². The lowest BCUT2D eigenvalue weighted by Crippen LogP contribution is -2.26. The van der Waals surface area contributed by atoms with E-state index >= 15 is 0 Å². The highest BCUT2D eigenvalue weighted by atomic mass is 35.5. The first kappa shape index (κ1) is 21.7. The number of hydrogen-bond acceptors (Lipinski definition) is 7. The third-order valence-corrected chi connectivity index (χ3v) is 7.72. The fourth-order valence-electron chi connectivity index (χ4n) is 3.13. The number of rotatable bonds is 7. The number of thiazole rings is 1. The van der Waals surface area contributed by atoms with Crippen molar-refractivity contribution < 1.29 is 12.9 Å². The van der Waals surface area contributed by atoms with Crippen LogP contribution in [-0.4, -0.2) is 34.5 Å². The van der Waals surface area contributed by atoms with Gasteiger partial charge in [-0.3, -0.25) is 9.36 Å². The first-order valence-electron chi connectivity index (χ1n) is 9.48. The van der Waals surface area contributed by atoms with Crippen LogP contribution in [0.15, 0.2) is 56.7 Å². The van der Waals surface area contributed by atoms with Crippen LogP contribution in [0.4, 0.5) is 0 Å². The molecule has 2 aromatic carbocycles. The topological polar surface area (TPSA) is 98.3 Å². The number of fused-ring (bicyclic) bond motifs is 1. The van der Waals surface area contributed by atoms with Gasteiger partial charge in [0.2, 0.25) is 21.7 Å². The summed E-state index contributed by atoms with van der Waals surface area (Å²) in [6, 6.07) is 11.6. The standard InChI is InChI=1S/C20H19ClN4O4S2/c1-3-10-25-16-9-8-15(11-17(16)30-20(25)26)31(27,28)24(2)12-18-22-19(23-29-18)13-4-6-14(21)7-5-13/h4-9,11H,3,10,12H2,1-2H3. The summed E-state index contributed by atoms with van der Waals surface area (Å²) in [5.74, 6) is 0.511. The second kappa shape index (κ2) is 8.54. The maximum Gasteiger partial charge on any atom is 0.308 e. The van der Waals surface area contributed by atoms with E-state index in [2.05, 4.69) is 10.1 Å². The van der Waals surface area contributed by atoms with Gasteiger partial charge >= 0.3 is 4.87 Å². The van der Waals surface area contributed by atoms with Gasteiger partial charge in [-0.1, -0.05) is 35.0 Å². The Labute approximate surface area is 187 Å². The third-order valence-electron chi connectivity index (χ3n) is 4.72. The van der Waals surface area contributed by atoms with Gasteiger partial charge in [0, 0.05) is 24.2 Å². The lowest BCUT2D eigenvalue weighted by Gasteiger charge is -2.15. The Kier molecular flexibility index (Phi) is 5.98. The van der Waals surface area contributed by atoms with Crippen molar-refractivity contribution in [2.75, 3.05) is 7.05 Å². The SMILES string of the molecule is CCCn1c(=O)sc2cc(S(=O)(=O)N(C)Cc3nc(-c4ccc(Cl)cc4)no3)ccc21. The molecule has 0 unspecified atom stereocenters. The molecular weight excluding hydrogens is 460 g/mol. The molecule has 0 aliphatic heterocycles. The van der Waals surface area contributed by atoms with Crippen LogP contribution < -0.4 is 4.87 Å². The van der Waals surface area contributed by atoms with Gasteiger partial charge in [-0.2, -0.15) is 9.29 Å². The summed E-state index contributed by atoms with van der Waals surface area (Å²) < 4.78 is 34.8. The molecule has 11 heteroatoms. The Hall–Kier alpha value is -2.53. The lowest BCUT2D eigenvalue weighted by atomic mass is 10.2. The maximum absolute atomic E-state index is 13.1. The highest BCUT2D eigenvalue weighted by Crippen LogP contribution is 2.25. The van der Waals surface area contributed by atoms with Crippen LogP contribution in [0.2, 0.25) is 5.02 Å². The van der Waals surface area contributed by atoms with Crippen molar-refractivity contribution in [2.45, 2.75) is 31.3 Å². The van der Waals surface area contributed by atoms with Gasteiger partial charge in [-0.25, -0.2) is 8.42 Å². The van der Waals surface area contributed by atoms with E-state index in [9.17, 15) is 13.2 Å². The average Bonchev–Trinajstić information content (AvgIpc) is 3.33. The molecule has 162 valence electrons. The first-order valence-corrected chi connectivity index (χ1v) is 12.1. The van der Waals surface area contributed by atoms with Gasteiger partial charge in [0.25, 0.3) is 0 Å². The van der Waals surface area contributed by atoms with Crippen molar-refractivity contribution in [3.8, 4) is 11.4 Å². The fraction of sp³-hybridized carbons (Fsp3) is 0.250. The van der Waals surface area contributed by atoms with Crippen molar-refractivity contribution in [3.05, 3.63) is 63.0 Å². The van der Waals surface area contributed by atoms with E-state index in [4.69, 9.17) is 16.1 Å². The summed E-state index contributed by atoms with van der Waals surface area (Å²) in [4.78, 5) is 16.5. The van der Waals surface area contributed by atoms with Crippen molar-refractivity contribution in [1.82, 2.24) is 19.0 Å². The quantitative estimate of drug-likeness (QED) is 0.398. The van der Waals surface area contributed by atoms with Gasteiger partial charge < -0.3 is 4.52 Å². The number of sulfonamides is 1. The Morgan fingerprint density at radius 3 is 2.65 bits per heavy atom. The van der Waals surface area contributed by atoms with E-state index in [1.54, 1.807) is 34.9 Å². The van der Waals surface area contributed by atoms with Crippen molar-refractivity contribution >= 4 is 43.2 Å². The zero-order valence-corrected chi connectivity index (χ0v) is 19.2. The van der Waals surface area contributed by atoms with E-state index < -0.39 is 10.0 Å². The summed E-state index contributed by atoms with van der Waals surface area (Å²) in [5, 5.41) is 4.50. The summed E-state index contributed by atoms with van der Waals surface area (Å²) >= 11 is 6.93. The number of nitrogens with zero attached hydrogens (tertiary/aromatic N) is 4. The van der Waals surface area contributed by atoms with Crippen molar-refractivity contribution in [2.24, 2.45) is 0 Å². The van der Waals surface area contributed by atoms with E-state index in [0.717, 1.165) is 27.6 Å². The molecule has 8 nitrogen and oxygen atoms in total. The molecule has 0 aliphatic carbocycles. The van der Waals surface area contributed by atoms with Gasteiger partial charge in [-0.05, 0) is 48.9 Å². The van der Waals surface area contributed by atoms with Crippen LogP contribution in [0.1, 0.15) is 19.2 Å². The van der Waals surface area contributed by atoms with E-state index in [-0.39, 0.29) is 22.2 Å². The second-order valence-electron chi connectivity index (χ2n) is 6.93. The number of halogens is 1. The van der Waals surface area contributed by atoms with Crippen LogP contribution in [0.5, 0.6) is 0 Å². The number of aromatic nitrogens is 3. The fourth-order valence-corrected chi connectivity index (χ4v) is 5.44. The van der Waals surface area contributed by atoms with Gasteiger partial charge in [-0.15, -0.1) is 0 Å². The van der Waals surface area contributed by atoms with Crippen molar-refractivity contribution in [1.29, 1.82) is 0 Å². The molecule has 0 amide bonds. The number of benzene rings is 2. The van der Waals surface area contributed by atoms with Crippen LogP contribution in [0, 0.1) is 0 Å². The molecule has 0 aliphatic rings. The second-order valence-corrected chi connectivity index (χ2v) is 10.4. The molecular formula is C20H19ClN4O4S2. The molecule has 4 aromatic rings. The largest absolute Gasteiger partial charge is 0.338 e. The maximum atomic E-state index is 13.1. The molecule has 0 N–H and O–H groups in total. The number of aryl methyl sites for hydroxylation is 1. The van der Waals surface area contributed by atoms with Gasteiger partial charge in [0.05, 0.1) is 21.7 Å². The predicted molar refractivity (Wildman–Crippen MR) is 120 cm³/mol. The summed E-state index contributed by atoms with van der Waals surface area (Å²) in [5.41, 5.74) is 1.45. The van der Waals surface area contributed by atoms with E-state index in [1.807, 2.05) is 6.92 Å². The highest BCUT2D eigenvalue weighted by Gasteiger charge is 2.24. The smallest absolute Gasteiger partial charge is 0.308 e. The summed E-state index contributed by atoms with van der Waals surface area (Å²) in [6.07, 6.45) is 0.816. The Morgan fingerprint density at radius 1 is 1.19 bits per heavy atom. The third kappa shape index (κ3) is 4.29. The molecule has 2 aromatic heterocycles. The van der Waals surface area contributed by atoms with Crippen LogP contribution in [0.3, 0.4) is 0 Å². The highest BCUT2D eigenvalue weighted by molar-refractivity contribution is 7.89. The monoisotopic (exact) mass is 478 g/mol. The Balaban J connectivity index is 1.57. The zero-order chi connectivity index (χ0) is 22.2. The van der Waals surface area contributed by atoms with Crippen LogP contribution in [0.25, 0.3) is 21.6 Å². The lowest BCUT2D eigenvalue weighted by molar-refractivity contribution is 0.337. The summed E-state index contributed by atoms with van der Waals surface area (Å²) in [7, 11) is -2.38. The molecule has 0 spiro atoms. The summed E-state index contributed by atoms with van der Waals surface area (Å²) in [6.45, 7) is 2.49. The minimum Gasteiger partial charge on any atom is -0.338 e.